The minimum atomic E-state index is -1.19. The van der Waals surface area contributed by atoms with E-state index in [1.807, 2.05) is 36.4 Å². The van der Waals surface area contributed by atoms with Gasteiger partial charge in [0.2, 0.25) is 5.91 Å². The molecule has 7 heteroatoms. The number of benzene rings is 2. The van der Waals surface area contributed by atoms with Crippen molar-refractivity contribution in [3.63, 3.8) is 0 Å². The van der Waals surface area contributed by atoms with Crippen LogP contribution in [0.5, 0.6) is 0 Å². The van der Waals surface area contributed by atoms with Crippen molar-refractivity contribution >= 4 is 28.8 Å². The number of imide groups is 1. The largest absolute Gasteiger partial charge is 0.459 e. The SMILES string of the molecule is CC(NC(=O)CN1C(=O)NC(C)(c2ccccc2)C1=O)c1cc2ccccc2o1. The summed E-state index contributed by atoms with van der Waals surface area (Å²) in [5.41, 5.74) is 0.205. The summed E-state index contributed by atoms with van der Waals surface area (Å²) in [4.78, 5) is 38.7. The first-order chi connectivity index (χ1) is 13.9. The van der Waals surface area contributed by atoms with Crippen LogP contribution < -0.4 is 10.6 Å². The van der Waals surface area contributed by atoms with E-state index in [1.165, 1.54) is 0 Å². The minimum Gasteiger partial charge on any atom is -0.459 e. The first-order valence-electron chi connectivity index (χ1n) is 9.36. The van der Waals surface area contributed by atoms with Gasteiger partial charge in [-0.1, -0.05) is 48.5 Å². The van der Waals surface area contributed by atoms with E-state index in [1.54, 1.807) is 38.1 Å². The Bertz CT molecular complexity index is 1060. The summed E-state index contributed by atoms with van der Waals surface area (Å²) in [6.45, 7) is 3.06. The molecule has 0 saturated carbocycles. The molecule has 1 saturated heterocycles. The fourth-order valence-corrected chi connectivity index (χ4v) is 3.53. The van der Waals surface area contributed by atoms with Crippen molar-refractivity contribution in [3.8, 4) is 0 Å². The number of hydrogen-bond donors (Lipinski definition) is 2. The third kappa shape index (κ3) is 3.35. The lowest BCUT2D eigenvalue weighted by Crippen LogP contribution is -2.43. The molecule has 1 aliphatic rings. The van der Waals surface area contributed by atoms with Crippen LogP contribution in [0, 0.1) is 0 Å². The van der Waals surface area contributed by atoms with Gasteiger partial charge < -0.3 is 15.1 Å². The topological polar surface area (TPSA) is 91.7 Å². The van der Waals surface area contributed by atoms with Gasteiger partial charge in [0.15, 0.2) is 0 Å². The van der Waals surface area contributed by atoms with E-state index in [0.717, 1.165) is 15.9 Å². The summed E-state index contributed by atoms with van der Waals surface area (Å²) in [5.74, 6) is -0.301. The maximum Gasteiger partial charge on any atom is 0.325 e. The Morgan fingerprint density at radius 1 is 1.14 bits per heavy atom. The number of nitrogens with one attached hydrogen (secondary N) is 2. The van der Waals surface area contributed by atoms with Crippen molar-refractivity contribution in [2.24, 2.45) is 0 Å². The molecule has 0 bridgehead atoms. The number of carbonyl (C=O) groups is 3. The third-order valence-corrected chi connectivity index (χ3v) is 5.18. The predicted molar refractivity (Wildman–Crippen MR) is 107 cm³/mol. The van der Waals surface area contributed by atoms with E-state index in [0.29, 0.717) is 11.3 Å². The van der Waals surface area contributed by atoms with Gasteiger partial charge in [-0.2, -0.15) is 0 Å². The van der Waals surface area contributed by atoms with E-state index in [2.05, 4.69) is 10.6 Å². The molecule has 29 heavy (non-hydrogen) atoms. The van der Waals surface area contributed by atoms with Crippen molar-refractivity contribution in [2.45, 2.75) is 25.4 Å². The maximum atomic E-state index is 12.9. The zero-order valence-corrected chi connectivity index (χ0v) is 16.1. The monoisotopic (exact) mass is 391 g/mol. The molecule has 1 aliphatic heterocycles. The van der Waals surface area contributed by atoms with Crippen molar-refractivity contribution in [1.29, 1.82) is 0 Å². The van der Waals surface area contributed by atoms with Crippen molar-refractivity contribution in [3.05, 3.63) is 72.0 Å². The lowest BCUT2D eigenvalue weighted by molar-refractivity contribution is -0.135. The van der Waals surface area contributed by atoms with E-state index >= 15 is 0 Å². The van der Waals surface area contributed by atoms with Crippen molar-refractivity contribution < 1.29 is 18.8 Å². The Hall–Kier alpha value is -3.61. The van der Waals surface area contributed by atoms with Crippen LogP contribution in [0.3, 0.4) is 0 Å². The molecule has 3 aromatic rings. The summed E-state index contributed by atoms with van der Waals surface area (Å²) < 4.78 is 5.76. The first-order valence-corrected chi connectivity index (χ1v) is 9.36. The van der Waals surface area contributed by atoms with Gasteiger partial charge in [0.1, 0.15) is 23.4 Å². The normalized spacial score (nSPS) is 20.0. The molecule has 1 fully saturated rings. The van der Waals surface area contributed by atoms with Gasteiger partial charge in [-0.25, -0.2) is 4.79 Å². The zero-order chi connectivity index (χ0) is 20.6. The summed E-state index contributed by atoms with van der Waals surface area (Å²) >= 11 is 0. The quantitative estimate of drug-likeness (QED) is 0.654. The second-order valence-corrected chi connectivity index (χ2v) is 7.29. The fourth-order valence-electron chi connectivity index (χ4n) is 3.53. The number of nitrogens with zero attached hydrogens (tertiary/aromatic N) is 1. The van der Waals surface area contributed by atoms with Gasteiger partial charge in [-0.3, -0.25) is 14.5 Å². The van der Waals surface area contributed by atoms with Crippen LogP contribution in [0.1, 0.15) is 31.2 Å². The minimum absolute atomic E-state index is 0.363. The van der Waals surface area contributed by atoms with E-state index < -0.39 is 29.4 Å². The van der Waals surface area contributed by atoms with Crippen LogP contribution in [0.2, 0.25) is 0 Å². The summed E-state index contributed by atoms with van der Waals surface area (Å²) in [6.07, 6.45) is 0. The highest BCUT2D eigenvalue weighted by atomic mass is 16.3. The van der Waals surface area contributed by atoms with Gasteiger partial charge >= 0.3 is 6.03 Å². The molecule has 4 rings (SSSR count). The van der Waals surface area contributed by atoms with Gasteiger partial charge in [-0.15, -0.1) is 0 Å². The van der Waals surface area contributed by atoms with Gasteiger partial charge in [-0.05, 0) is 31.5 Å². The van der Waals surface area contributed by atoms with E-state index in [9.17, 15) is 14.4 Å². The fraction of sp³-hybridized carbons (Fsp3) is 0.227. The van der Waals surface area contributed by atoms with E-state index in [4.69, 9.17) is 4.42 Å². The molecule has 0 radical (unpaired) electrons. The summed E-state index contributed by atoms with van der Waals surface area (Å²) in [6, 6.07) is 17.4. The Kier molecular flexibility index (Phi) is 4.58. The molecule has 0 aliphatic carbocycles. The molecule has 2 unspecified atom stereocenters. The standard InChI is InChI=1S/C22H21N3O4/c1-14(18-12-15-8-6-7-11-17(15)29-18)23-19(26)13-25-20(27)22(2,24-21(25)28)16-9-4-3-5-10-16/h3-12,14H,13H2,1-2H3,(H,23,26)(H,24,28). The second kappa shape index (κ2) is 7.09. The number of amides is 4. The Labute approximate surface area is 167 Å². The van der Waals surface area contributed by atoms with Crippen LogP contribution in [0.4, 0.5) is 4.79 Å². The zero-order valence-electron chi connectivity index (χ0n) is 16.1. The number of urea groups is 1. The first kappa shape index (κ1) is 18.7. The van der Waals surface area contributed by atoms with Crippen LogP contribution >= 0.6 is 0 Å². The van der Waals surface area contributed by atoms with Crippen LogP contribution in [-0.2, 0) is 15.1 Å². The Balaban J connectivity index is 1.45. The second-order valence-electron chi connectivity index (χ2n) is 7.29. The van der Waals surface area contributed by atoms with Gasteiger partial charge in [0.25, 0.3) is 5.91 Å². The summed E-state index contributed by atoms with van der Waals surface area (Å²) in [5, 5.41) is 6.42. The molecule has 7 nitrogen and oxygen atoms in total. The Morgan fingerprint density at radius 3 is 2.55 bits per heavy atom. The molecule has 2 N–H and O–H groups in total. The van der Waals surface area contributed by atoms with Crippen molar-refractivity contribution in [2.75, 3.05) is 6.54 Å². The van der Waals surface area contributed by atoms with Crippen LogP contribution in [0.15, 0.2) is 65.1 Å². The highest BCUT2D eigenvalue weighted by Crippen LogP contribution is 2.28. The number of furan rings is 1. The van der Waals surface area contributed by atoms with Crippen LogP contribution in [-0.4, -0.2) is 29.3 Å². The highest BCUT2D eigenvalue weighted by molar-refractivity contribution is 6.09. The molecular weight excluding hydrogens is 370 g/mol. The van der Waals surface area contributed by atoms with E-state index in [-0.39, 0.29) is 6.54 Å². The highest BCUT2D eigenvalue weighted by Gasteiger charge is 2.49. The lowest BCUT2D eigenvalue weighted by Gasteiger charge is -2.22. The predicted octanol–water partition coefficient (Wildman–Crippen LogP) is 3.08. The number of para-hydroxylation sites is 1. The average molecular weight is 391 g/mol. The molecule has 1 aromatic heterocycles. The average Bonchev–Trinajstić information content (AvgIpc) is 3.24. The lowest BCUT2D eigenvalue weighted by atomic mass is 9.92. The van der Waals surface area contributed by atoms with Crippen LogP contribution in [0.25, 0.3) is 11.0 Å². The molecule has 2 aromatic carbocycles. The number of hydrogen-bond acceptors (Lipinski definition) is 4. The number of rotatable bonds is 5. The molecule has 4 amide bonds. The molecule has 148 valence electrons. The van der Waals surface area contributed by atoms with Gasteiger partial charge in [0, 0.05) is 5.39 Å². The van der Waals surface area contributed by atoms with Gasteiger partial charge in [0.05, 0.1) is 6.04 Å². The smallest absolute Gasteiger partial charge is 0.325 e. The molecular formula is C22H21N3O4. The Morgan fingerprint density at radius 2 is 1.83 bits per heavy atom. The third-order valence-electron chi connectivity index (χ3n) is 5.18. The molecule has 0 spiro atoms. The summed E-state index contributed by atoms with van der Waals surface area (Å²) in [7, 11) is 0. The van der Waals surface area contributed by atoms with Crippen molar-refractivity contribution in [1.82, 2.24) is 15.5 Å². The number of fused-ring (bicyclic) bond motifs is 1. The molecule has 2 heterocycles. The number of carbonyl (C=O) groups excluding carboxylic acids is 3. The molecule has 2 atom stereocenters. The maximum absolute atomic E-state index is 12.9.